The SMILES string of the molecule is O.[Ni+2].[Ni+2].[Ni+2].[O-]c1c(O)cccc1C=Nc1ccccc1N=Cc1cccc(O)c1[O-].[O-]c1c(O)cccc1C=Nc1ccccc1N=Cc1cccc(O)c1[O-].[O-]c1c(O)cccc1C=Nc1ccccc1N=Cc1cccc(O)c1[O-]. The zero-order valence-electron chi connectivity index (χ0n) is 42.0. The van der Waals surface area contributed by atoms with E-state index in [0.717, 1.165) is 0 Å². The van der Waals surface area contributed by atoms with Gasteiger partial charge in [-0.15, -0.1) is 0 Å². The molecule has 0 aliphatic rings. The van der Waals surface area contributed by atoms with Crippen molar-refractivity contribution >= 4 is 71.4 Å². The molecule has 8 N–H and O–H groups in total. The van der Waals surface area contributed by atoms with E-state index in [9.17, 15) is 61.3 Å². The summed E-state index contributed by atoms with van der Waals surface area (Å²) < 4.78 is 0. The van der Waals surface area contributed by atoms with Gasteiger partial charge in [-0.1, -0.05) is 144 Å². The number of para-hydroxylation sites is 12. The van der Waals surface area contributed by atoms with Crippen LogP contribution in [0.1, 0.15) is 33.4 Å². The Morgan fingerprint density at radius 1 is 0.220 bits per heavy atom. The van der Waals surface area contributed by atoms with E-state index in [0.29, 0.717) is 34.1 Å². The van der Waals surface area contributed by atoms with Crippen LogP contribution in [-0.2, 0) is 49.5 Å². The van der Waals surface area contributed by atoms with Crippen molar-refractivity contribution in [1.82, 2.24) is 0 Å². The van der Waals surface area contributed by atoms with Crippen LogP contribution in [0.3, 0.4) is 0 Å². The molecule has 0 aliphatic carbocycles. The molecule has 0 saturated carbocycles. The fraction of sp³-hybridized carbons (Fsp3) is 0. The molecule has 0 unspecified atom stereocenters. The molecule has 0 spiro atoms. The van der Waals surface area contributed by atoms with Crippen LogP contribution in [0.2, 0.25) is 0 Å². The van der Waals surface area contributed by atoms with Gasteiger partial charge in [-0.2, -0.15) is 0 Å². The first kappa shape index (κ1) is 66.3. The Hall–Kier alpha value is -9.96. The van der Waals surface area contributed by atoms with Gasteiger partial charge in [0.1, 0.15) is 34.5 Å². The zero-order valence-corrected chi connectivity index (χ0v) is 45.0. The van der Waals surface area contributed by atoms with Gasteiger partial charge < -0.3 is 66.8 Å². The van der Waals surface area contributed by atoms with Crippen molar-refractivity contribution in [2.45, 2.75) is 0 Å². The van der Waals surface area contributed by atoms with Gasteiger partial charge in [0.15, 0.2) is 0 Å². The standard InChI is InChI=1S/3C20H16N2O4.3Ni.H2O/c3*23-17-9-3-5-13(19(17)25)11-21-15-7-1-2-8-16(15)22-12-14-6-4-10-18(24)20(14)26;;;;/h3*1-12,23-26H;;;;1H2/q;;;3*+2;/p-6. The molecule has 9 aromatic carbocycles. The van der Waals surface area contributed by atoms with E-state index in [4.69, 9.17) is 0 Å². The fourth-order valence-corrected chi connectivity index (χ4v) is 6.75. The Morgan fingerprint density at radius 2 is 0.354 bits per heavy atom. The van der Waals surface area contributed by atoms with Crippen molar-refractivity contribution in [3.8, 4) is 69.0 Å². The molecular weight excluding hydrogens is 1190 g/mol. The molecule has 9 rings (SSSR count). The van der Waals surface area contributed by atoms with Crippen LogP contribution in [-0.4, -0.2) is 73.4 Å². The third-order valence-electron chi connectivity index (χ3n) is 10.8. The van der Waals surface area contributed by atoms with Crippen LogP contribution in [0.15, 0.2) is 212 Å². The summed E-state index contributed by atoms with van der Waals surface area (Å²) in [6, 6.07) is 47.3. The molecule has 0 fully saturated rings. The Balaban J connectivity index is 0.000000315. The van der Waals surface area contributed by atoms with Crippen molar-refractivity contribution in [2.24, 2.45) is 30.0 Å². The number of rotatable bonds is 12. The second-order valence-corrected chi connectivity index (χ2v) is 16.2. The number of nitrogens with zero attached hydrogens (tertiary/aromatic N) is 6. The molecule has 82 heavy (non-hydrogen) atoms. The maximum absolute atomic E-state index is 11.8. The largest absolute Gasteiger partial charge is 2.00 e. The zero-order chi connectivity index (χ0) is 55.6. The van der Waals surface area contributed by atoms with Crippen molar-refractivity contribution in [1.29, 1.82) is 0 Å². The summed E-state index contributed by atoms with van der Waals surface area (Å²) in [5, 5.41) is 128. The predicted octanol–water partition coefficient (Wildman–Crippen LogP) is 7.41. The van der Waals surface area contributed by atoms with E-state index in [1.54, 1.807) is 146 Å². The van der Waals surface area contributed by atoms with Crippen molar-refractivity contribution in [2.75, 3.05) is 0 Å². The average molecular weight is 1230 g/mol. The summed E-state index contributed by atoms with van der Waals surface area (Å²) in [7, 11) is 0. The van der Waals surface area contributed by atoms with Gasteiger partial charge in [0.25, 0.3) is 0 Å². The Bertz CT molecular complexity index is 3160. The minimum atomic E-state index is -0.506. The van der Waals surface area contributed by atoms with Crippen LogP contribution in [0.5, 0.6) is 69.0 Å². The van der Waals surface area contributed by atoms with E-state index < -0.39 is 34.5 Å². The smallest absolute Gasteiger partial charge is 0.870 e. The van der Waals surface area contributed by atoms with Gasteiger partial charge in [-0.25, -0.2) is 0 Å². The second-order valence-electron chi connectivity index (χ2n) is 16.2. The maximum atomic E-state index is 11.8. The molecule has 9 aromatic rings. The molecule has 0 atom stereocenters. The van der Waals surface area contributed by atoms with E-state index in [2.05, 4.69) is 30.0 Å². The van der Waals surface area contributed by atoms with Gasteiger partial charge in [0.05, 0.1) is 34.1 Å². The van der Waals surface area contributed by atoms with E-state index in [1.807, 2.05) is 0 Å². The van der Waals surface area contributed by atoms with E-state index >= 15 is 0 Å². The van der Waals surface area contributed by atoms with Crippen LogP contribution in [0.4, 0.5) is 34.1 Å². The summed E-state index contributed by atoms with van der Waals surface area (Å²) in [5.41, 5.74) is 4.40. The van der Waals surface area contributed by atoms with Crippen LogP contribution in [0, 0.1) is 0 Å². The minimum Gasteiger partial charge on any atom is -0.870 e. The normalized spacial score (nSPS) is 10.8. The number of aliphatic imine (C=N–C) groups is 6. The van der Waals surface area contributed by atoms with Gasteiger partial charge in [0, 0.05) is 37.3 Å². The Kier molecular flexibility index (Phi) is 26.0. The quantitative estimate of drug-likeness (QED) is 0.0514. The molecule has 0 aromatic heterocycles. The summed E-state index contributed by atoms with van der Waals surface area (Å²) in [4.78, 5) is 25.5. The first-order valence-corrected chi connectivity index (χ1v) is 23.1. The number of phenols is 6. The van der Waals surface area contributed by atoms with Gasteiger partial charge in [-0.05, 0) is 106 Å². The molecule has 22 heteroatoms. The van der Waals surface area contributed by atoms with E-state index in [1.165, 1.54) is 73.7 Å². The fourth-order valence-electron chi connectivity index (χ4n) is 6.75. The van der Waals surface area contributed by atoms with Crippen LogP contribution < -0.4 is 30.6 Å². The number of benzene rings is 9. The molecule has 0 bridgehead atoms. The number of hydrogen-bond acceptors (Lipinski definition) is 18. The van der Waals surface area contributed by atoms with Gasteiger partial charge in [-0.3, -0.25) is 30.0 Å². The third-order valence-corrected chi connectivity index (χ3v) is 10.8. The summed E-state index contributed by atoms with van der Waals surface area (Å²) in [5.74, 6) is -5.08. The van der Waals surface area contributed by atoms with Crippen molar-refractivity contribution in [3.63, 3.8) is 0 Å². The molecule has 0 amide bonds. The van der Waals surface area contributed by atoms with Crippen LogP contribution >= 0.6 is 0 Å². The number of aromatic hydroxyl groups is 6. The molecule has 0 saturated heterocycles. The maximum Gasteiger partial charge on any atom is 2.00 e. The van der Waals surface area contributed by atoms with Crippen molar-refractivity contribution in [3.05, 3.63) is 215 Å². The molecular formula is C60H44N6Ni3O13. The van der Waals surface area contributed by atoms with Gasteiger partial charge in [0.2, 0.25) is 0 Å². The molecule has 19 nitrogen and oxygen atoms in total. The topological polar surface area (TPSA) is 365 Å². The molecule has 0 radical (unpaired) electrons. The second kappa shape index (κ2) is 32.2. The third kappa shape index (κ3) is 17.8. The molecule has 0 aliphatic heterocycles. The number of phenolic OH excluding ortho intramolecular Hbond substituents is 6. The molecule has 0 heterocycles. The molecule has 422 valence electrons. The van der Waals surface area contributed by atoms with E-state index in [-0.39, 0.29) is 123 Å². The number of hydrogen-bond donors (Lipinski definition) is 6. The average Bonchev–Trinajstić information content (AvgIpc) is 3.49. The monoisotopic (exact) mass is 1230 g/mol. The summed E-state index contributed by atoms with van der Waals surface area (Å²) in [6.45, 7) is 0. The predicted molar refractivity (Wildman–Crippen MR) is 292 cm³/mol. The Morgan fingerprint density at radius 3 is 0.488 bits per heavy atom. The summed E-state index contributed by atoms with van der Waals surface area (Å²) >= 11 is 0. The van der Waals surface area contributed by atoms with Gasteiger partial charge >= 0.3 is 49.5 Å². The van der Waals surface area contributed by atoms with Crippen LogP contribution in [0.25, 0.3) is 0 Å². The first-order valence-electron chi connectivity index (χ1n) is 23.1. The van der Waals surface area contributed by atoms with Crippen molar-refractivity contribution < 1.29 is 116 Å². The summed E-state index contributed by atoms with van der Waals surface area (Å²) in [6.07, 6.45) is 8.11. The minimum absolute atomic E-state index is 0. The first-order chi connectivity index (χ1) is 37.7. The Labute approximate surface area is 499 Å².